The molecule has 0 aliphatic heterocycles. The van der Waals surface area contributed by atoms with Crippen molar-refractivity contribution < 1.29 is 4.79 Å². The predicted octanol–water partition coefficient (Wildman–Crippen LogP) is 3.26. The van der Waals surface area contributed by atoms with Crippen LogP contribution >= 0.6 is 11.3 Å². The van der Waals surface area contributed by atoms with Crippen molar-refractivity contribution in [3.05, 3.63) is 21.9 Å². The van der Waals surface area contributed by atoms with Crippen LogP contribution in [0.25, 0.3) is 0 Å². The van der Waals surface area contributed by atoms with Crippen LogP contribution in [0.1, 0.15) is 48.0 Å². The Hall–Kier alpha value is -1.34. The van der Waals surface area contributed by atoms with E-state index in [1.807, 2.05) is 17.7 Å². The Balaban J connectivity index is 2.00. The first-order valence-corrected chi connectivity index (χ1v) is 7.40. The lowest BCUT2D eigenvalue weighted by Crippen LogP contribution is -2.40. The number of carbonyl (C=O) groups excluding carboxylic acids is 1. The number of amides is 1. The summed E-state index contributed by atoms with van der Waals surface area (Å²) in [6, 6.07) is 1.92. The zero-order valence-electron chi connectivity index (χ0n) is 10.6. The molecular weight excluding hydrogens is 244 g/mol. The average molecular weight is 262 g/mol. The van der Waals surface area contributed by atoms with Crippen LogP contribution in [-0.4, -0.2) is 11.9 Å². The van der Waals surface area contributed by atoms with Gasteiger partial charge in [0.1, 0.15) is 6.04 Å². The van der Waals surface area contributed by atoms with Gasteiger partial charge < -0.3 is 5.32 Å². The molecule has 1 unspecified atom stereocenters. The summed E-state index contributed by atoms with van der Waals surface area (Å²) in [6.45, 7) is 1.92. The number of hydrogen-bond acceptors (Lipinski definition) is 3. The Kier molecular flexibility index (Phi) is 4.38. The molecule has 1 atom stereocenters. The van der Waals surface area contributed by atoms with Gasteiger partial charge in [0.05, 0.1) is 11.6 Å². The molecule has 3 nitrogen and oxygen atoms in total. The second-order valence-corrected chi connectivity index (χ2v) is 5.69. The molecule has 96 valence electrons. The van der Waals surface area contributed by atoms with Gasteiger partial charge in [-0.25, -0.2) is 0 Å². The predicted molar refractivity (Wildman–Crippen MR) is 72.5 cm³/mol. The lowest BCUT2D eigenvalue weighted by atomic mass is 9.84. The van der Waals surface area contributed by atoms with E-state index < -0.39 is 0 Å². The van der Waals surface area contributed by atoms with E-state index in [1.54, 1.807) is 0 Å². The molecule has 1 aromatic rings. The summed E-state index contributed by atoms with van der Waals surface area (Å²) in [5.74, 6) is 0.220. The Morgan fingerprint density at radius 1 is 1.44 bits per heavy atom. The first kappa shape index (κ1) is 13.1. The molecule has 2 rings (SSSR count). The first-order valence-electron chi connectivity index (χ1n) is 6.45. The minimum atomic E-state index is -0.336. The summed E-state index contributed by atoms with van der Waals surface area (Å²) >= 11 is 1.52. The molecule has 0 bridgehead atoms. The molecular formula is C14H18N2OS. The van der Waals surface area contributed by atoms with Crippen molar-refractivity contribution in [2.24, 2.45) is 5.92 Å². The highest BCUT2D eigenvalue weighted by Crippen LogP contribution is 2.26. The maximum Gasteiger partial charge on any atom is 0.253 e. The van der Waals surface area contributed by atoms with Crippen molar-refractivity contribution in [2.75, 3.05) is 0 Å². The molecule has 1 aromatic heterocycles. The van der Waals surface area contributed by atoms with Gasteiger partial charge in [-0.15, -0.1) is 0 Å². The van der Waals surface area contributed by atoms with Gasteiger partial charge in [-0.3, -0.25) is 4.79 Å². The smallest absolute Gasteiger partial charge is 0.253 e. The topological polar surface area (TPSA) is 52.9 Å². The Labute approximate surface area is 112 Å². The third kappa shape index (κ3) is 2.91. The first-order chi connectivity index (χ1) is 8.72. The zero-order chi connectivity index (χ0) is 13.0. The quantitative estimate of drug-likeness (QED) is 0.909. The van der Waals surface area contributed by atoms with E-state index in [2.05, 4.69) is 11.4 Å². The number of aryl methyl sites for hydroxylation is 1. The normalized spacial score (nSPS) is 18.0. The largest absolute Gasteiger partial charge is 0.336 e. The van der Waals surface area contributed by atoms with Crippen molar-refractivity contribution in [1.82, 2.24) is 5.32 Å². The lowest BCUT2D eigenvalue weighted by molar-refractivity contribution is 0.0929. The molecule has 1 amide bonds. The highest BCUT2D eigenvalue weighted by atomic mass is 32.1. The fourth-order valence-electron chi connectivity index (χ4n) is 2.54. The van der Waals surface area contributed by atoms with Crippen molar-refractivity contribution in [3.8, 4) is 6.07 Å². The van der Waals surface area contributed by atoms with Gasteiger partial charge in [-0.05, 0) is 36.6 Å². The Bertz CT molecular complexity index is 455. The third-order valence-electron chi connectivity index (χ3n) is 3.65. The van der Waals surface area contributed by atoms with Crippen LogP contribution < -0.4 is 5.32 Å². The molecule has 4 heteroatoms. The summed E-state index contributed by atoms with van der Waals surface area (Å²) in [7, 11) is 0. The molecule has 0 spiro atoms. The molecule has 1 saturated carbocycles. The van der Waals surface area contributed by atoms with E-state index in [-0.39, 0.29) is 11.9 Å². The number of hydrogen-bond donors (Lipinski definition) is 1. The summed E-state index contributed by atoms with van der Waals surface area (Å²) in [5.41, 5.74) is 1.69. The second kappa shape index (κ2) is 6.01. The lowest BCUT2D eigenvalue weighted by Gasteiger charge is -2.26. The number of rotatable bonds is 3. The van der Waals surface area contributed by atoms with Gasteiger partial charge >= 0.3 is 0 Å². The third-order valence-corrected chi connectivity index (χ3v) is 4.51. The molecule has 1 heterocycles. The van der Waals surface area contributed by atoms with Gasteiger partial charge in [0.15, 0.2) is 0 Å². The Morgan fingerprint density at radius 2 is 2.17 bits per heavy atom. The minimum absolute atomic E-state index is 0.106. The van der Waals surface area contributed by atoms with E-state index in [4.69, 9.17) is 0 Å². The van der Waals surface area contributed by atoms with Crippen molar-refractivity contribution in [1.29, 1.82) is 5.26 Å². The van der Waals surface area contributed by atoms with Crippen LogP contribution in [0, 0.1) is 24.2 Å². The molecule has 1 N–H and O–H groups in total. The van der Waals surface area contributed by atoms with E-state index in [9.17, 15) is 10.1 Å². The number of carbonyl (C=O) groups is 1. The van der Waals surface area contributed by atoms with E-state index in [0.29, 0.717) is 11.5 Å². The van der Waals surface area contributed by atoms with Crippen molar-refractivity contribution >= 4 is 17.2 Å². The summed E-state index contributed by atoms with van der Waals surface area (Å²) in [5, 5.41) is 15.9. The number of nitrogens with zero attached hydrogens (tertiary/aromatic N) is 1. The molecule has 0 radical (unpaired) electrons. The van der Waals surface area contributed by atoms with E-state index in [0.717, 1.165) is 18.4 Å². The number of nitrogens with one attached hydrogen (secondary N) is 1. The molecule has 1 aliphatic rings. The second-order valence-electron chi connectivity index (χ2n) is 4.95. The molecule has 0 aromatic carbocycles. The van der Waals surface area contributed by atoms with Crippen molar-refractivity contribution in [3.63, 3.8) is 0 Å². The summed E-state index contributed by atoms with van der Waals surface area (Å²) < 4.78 is 0. The fraction of sp³-hybridized carbons (Fsp3) is 0.571. The summed E-state index contributed by atoms with van der Waals surface area (Å²) in [6.07, 6.45) is 5.72. The standard InChI is InChI=1S/C14H18N2OS/c1-10-8-18-9-12(10)14(17)16-13(7-15)11-5-3-2-4-6-11/h8-9,11,13H,2-6H2,1H3,(H,16,17). The molecule has 1 aliphatic carbocycles. The maximum absolute atomic E-state index is 12.1. The highest BCUT2D eigenvalue weighted by molar-refractivity contribution is 7.08. The summed E-state index contributed by atoms with van der Waals surface area (Å²) in [4.78, 5) is 12.1. The van der Waals surface area contributed by atoms with E-state index in [1.165, 1.54) is 30.6 Å². The minimum Gasteiger partial charge on any atom is -0.336 e. The Morgan fingerprint density at radius 3 is 2.72 bits per heavy atom. The van der Waals surface area contributed by atoms with Gasteiger partial charge in [-0.2, -0.15) is 16.6 Å². The van der Waals surface area contributed by atoms with Crippen LogP contribution in [0.2, 0.25) is 0 Å². The van der Waals surface area contributed by atoms with Crippen LogP contribution in [0.15, 0.2) is 10.8 Å². The van der Waals surface area contributed by atoms with Gasteiger partial charge in [0.25, 0.3) is 5.91 Å². The van der Waals surface area contributed by atoms with Gasteiger partial charge in [-0.1, -0.05) is 19.3 Å². The van der Waals surface area contributed by atoms with Crippen LogP contribution in [0.5, 0.6) is 0 Å². The van der Waals surface area contributed by atoms with Crippen LogP contribution in [0.4, 0.5) is 0 Å². The zero-order valence-corrected chi connectivity index (χ0v) is 11.4. The van der Waals surface area contributed by atoms with Gasteiger partial charge in [0, 0.05) is 5.38 Å². The average Bonchev–Trinajstić information content (AvgIpc) is 2.83. The van der Waals surface area contributed by atoms with E-state index >= 15 is 0 Å². The van der Waals surface area contributed by atoms with Crippen molar-refractivity contribution in [2.45, 2.75) is 45.1 Å². The van der Waals surface area contributed by atoms with Crippen LogP contribution in [0.3, 0.4) is 0 Å². The fourth-order valence-corrected chi connectivity index (χ4v) is 3.36. The molecule has 0 saturated heterocycles. The van der Waals surface area contributed by atoms with Crippen LogP contribution in [-0.2, 0) is 0 Å². The number of nitriles is 1. The molecule has 1 fully saturated rings. The maximum atomic E-state index is 12.1. The highest BCUT2D eigenvalue weighted by Gasteiger charge is 2.25. The number of thiophene rings is 1. The van der Waals surface area contributed by atoms with Gasteiger partial charge in [0.2, 0.25) is 0 Å². The SMILES string of the molecule is Cc1cscc1C(=O)NC(C#N)C1CCCCC1. The molecule has 18 heavy (non-hydrogen) atoms. The monoisotopic (exact) mass is 262 g/mol.